The van der Waals surface area contributed by atoms with Crippen LogP contribution < -0.4 is 4.74 Å². The Hall–Kier alpha value is -3.47. The van der Waals surface area contributed by atoms with Crippen molar-refractivity contribution in [3.63, 3.8) is 0 Å². The predicted octanol–water partition coefficient (Wildman–Crippen LogP) is 4.92. The summed E-state index contributed by atoms with van der Waals surface area (Å²) in [4.78, 5) is 14.8. The van der Waals surface area contributed by atoms with E-state index in [1.807, 2.05) is 54.6 Å². The first-order valence-electron chi connectivity index (χ1n) is 7.76. The first-order valence-corrected chi connectivity index (χ1v) is 7.76. The topological polar surface area (TPSA) is 64.7 Å². The van der Waals surface area contributed by atoms with Gasteiger partial charge in [0.15, 0.2) is 0 Å². The van der Waals surface area contributed by atoms with E-state index in [1.54, 1.807) is 24.4 Å². The number of rotatable bonds is 6. The van der Waals surface area contributed by atoms with E-state index in [1.165, 1.54) is 6.07 Å². The molecule has 0 unspecified atom stereocenters. The van der Waals surface area contributed by atoms with Crippen LogP contribution >= 0.6 is 0 Å². The van der Waals surface area contributed by atoms with E-state index in [0.717, 1.165) is 16.9 Å². The number of nitrogens with zero attached hydrogens (tertiary/aromatic N) is 2. The molecule has 3 aromatic carbocycles. The molecule has 0 heterocycles. The van der Waals surface area contributed by atoms with Gasteiger partial charge in [-0.15, -0.1) is 0 Å². The molecule has 0 amide bonds. The first kappa shape index (κ1) is 16.4. The fourth-order valence-corrected chi connectivity index (χ4v) is 2.26. The highest BCUT2D eigenvalue weighted by molar-refractivity contribution is 5.83. The van der Waals surface area contributed by atoms with Gasteiger partial charge in [-0.25, -0.2) is 4.99 Å². The smallest absolute Gasteiger partial charge is 0.294 e. The number of aliphatic imine (C=N–C) groups is 1. The summed E-state index contributed by atoms with van der Waals surface area (Å²) in [5.74, 6) is 0.756. The van der Waals surface area contributed by atoms with Crippen LogP contribution in [0, 0.1) is 10.1 Å². The Bertz CT molecular complexity index is 875. The maximum absolute atomic E-state index is 11.0. The van der Waals surface area contributed by atoms with E-state index < -0.39 is 4.92 Å². The standard InChI is InChI=1S/C20H16N2O3/c23-22(24)20-9-5-4-8-19(20)21-14-16-10-12-18(13-11-16)25-15-17-6-2-1-3-7-17/h1-14H,15H2. The summed E-state index contributed by atoms with van der Waals surface area (Å²) >= 11 is 0. The molecule has 0 fully saturated rings. The third-order valence-electron chi connectivity index (χ3n) is 3.56. The third-order valence-corrected chi connectivity index (χ3v) is 3.56. The number of hydrogen-bond acceptors (Lipinski definition) is 4. The van der Waals surface area contributed by atoms with Crippen LogP contribution in [0.15, 0.2) is 83.9 Å². The summed E-state index contributed by atoms with van der Waals surface area (Å²) in [6.45, 7) is 0.504. The molecule has 124 valence electrons. The van der Waals surface area contributed by atoms with Gasteiger partial charge < -0.3 is 4.74 Å². The highest BCUT2D eigenvalue weighted by Gasteiger charge is 2.10. The highest BCUT2D eigenvalue weighted by atomic mass is 16.6. The monoisotopic (exact) mass is 332 g/mol. The molecule has 0 spiro atoms. The molecule has 0 aliphatic carbocycles. The van der Waals surface area contributed by atoms with E-state index in [2.05, 4.69) is 4.99 Å². The van der Waals surface area contributed by atoms with Crippen molar-refractivity contribution in [2.45, 2.75) is 6.61 Å². The molecule has 0 bridgehead atoms. The van der Waals surface area contributed by atoms with Crippen LogP contribution in [0.25, 0.3) is 0 Å². The summed E-state index contributed by atoms with van der Waals surface area (Å²) in [5, 5.41) is 11.0. The van der Waals surface area contributed by atoms with Crippen molar-refractivity contribution in [2.75, 3.05) is 0 Å². The zero-order valence-electron chi connectivity index (χ0n) is 13.4. The van der Waals surface area contributed by atoms with Crippen molar-refractivity contribution in [1.29, 1.82) is 0 Å². The second kappa shape index (κ2) is 7.88. The van der Waals surface area contributed by atoms with Gasteiger partial charge in [0.25, 0.3) is 5.69 Å². The van der Waals surface area contributed by atoms with Crippen molar-refractivity contribution in [1.82, 2.24) is 0 Å². The molecule has 5 heteroatoms. The molecular formula is C20H16N2O3. The van der Waals surface area contributed by atoms with E-state index >= 15 is 0 Å². The summed E-state index contributed by atoms with van der Waals surface area (Å²) in [5.41, 5.74) is 2.26. The minimum absolute atomic E-state index is 0.0124. The molecule has 0 aromatic heterocycles. The Morgan fingerprint density at radius 1 is 0.920 bits per heavy atom. The summed E-state index contributed by atoms with van der Waals surface area (Å²) in [6, 6.07) is 23.7. The molecule has 0 radical (unpaired) electrons. The van der Waals surface area contributed by atoms with E-state index in [-0.39, 0.29) is 5.69 Å². The van der Waals surface area contributed by atoms with Gasteiger partial charge in [0.1, 0.15) is 18.0 Å². The Balaban J connectivity index is 1.66. The van der Waals surface area contributed by atoms with E-state index in [4.69, 9.17) is 4.74 Å². The minimum atomic E-state index is -0.437. The minimum Gasteiger partial charge on any atom is -0.489 e. The number of nitro groups is 1. The molecule has 0 saturated heterocycles. The maximum Gasteiger partial charge on any atom is 0.294 e. The second-order valence-corrected chi connectivity index (χ2v) is 5.35. The molecule has 5 nitrogen and oxygen atoms in total. The van der Waals surface area contributed by atoms with Crippen molar-refractivity contribution in [3.8, 4) is 5.75 Å². The molecule has 0 aliphatic rings. The molecule has 0 atom stereocenters. The zero-order chi connectivity index (χ0) is 17.5. The van der Waals surface area contributed by atoms with Crippen LogP contribution in [0.4, 0.5) is 11.4 Å². The Morgan fingerprint density at radius 2 is 1.60 bits per heavy atom. The second-order valence-electron chi connectivity index (χ2n) is 5.35. The van der Waals surface area contributed by atoms with Crippen LogP contribution in [0.5, 0.6) is 5.75 Å². The number of para-hydroxylation sites is 2. The highest BCUT2D eigenvalue weighted by Crippen LogP contribution is 2.26. The average molecular weight is 332 g/mol. The van der Waals surface area contributed by atoms with Crippen LogP contribution in [-0.2, 0) is 6.61 Å². The number of nitro benzene ring substituents is 1. The lowest BCUT2D eigenvalue weighted by molar-refractivity contribution is -0.384. The lowest BCUT2D eigenvalue weighted by Gasteiger charge is -2.06. The average Bonchev–Trinajstić information content (AvgIpc) is 2.66. The van der Waals surface area contributed by atoms with Crippen molar-refractivity contribution in [3.05, 3.63) is 100 Å². The van der Waals surface area contributed by atoms with Crippen LogP contribution in [-0.4, -0.2) is 11.1 Å². The number of hydrogen-bond donors (Lipinski definition) is 0. The molecule has 0 aliphatic heterocycles. The van der Waals surface area contributed by atoms with Gasteiger partial charge >= 0.3 is 0 Å². The van der Waals surface area contributed by atoms with Crippen molar-refractivity contribution >= 4 is 17.6 Å². The molecule has 0 saturated carbocycles. The number of benzene rings is 3. The quantitative estimate of drug-likeness (QED) is 0.365. The van der Waals surface area contributed by atoms with Crippen LogP contribution in [0.1, 0.15) is 11.1 Å². The van der Waals surface area contributed by atoms with Crippen LogP contribution in [0.2, 0.25) is 0 Å². The zero-order valence-corrected chi connectivity index (χ0v) is 13.4. The van der Waals surface area contributed by atoms with E-state index in [0.29, 0.717) is 12.3 Å². The fraction of sp³-hybridized carbons (Fsp3) is 0.0500. The Kier molecular flexibility index (Phi) is 5.16. The maximum atomic E-state index is 11.0. The summed E-state index contributed by atoms with van der Waals surface area (Å²) in [7, 11) is 0. The normalized spacial score (nSPS) is 10.7. The predicted molar refractivity (Wildman–Crippen MR) is 97.6 cm³/mol. The van der Waals surface area contributed by atoms with Crippen molar-refractivity contribution < 1.29 is 9.66 Å². The first-order chi connectivity index (χ1) is 12.2. The fourth-order valence-electron chi connectivity index (χ4n) is 2.26. The van der Waals surface area contributed by atoms with Gasteiger partial charge in [-0.05, 0) is 41.5 Å². The lowest BCUT2D eigenvalue weighted by atomic mass is 10.2. The van der Waals surface area contributed by atoms with E-state index in [9.17, 15) is 10.1 Å². The third kappa shape index (κ3) is 4.51. The Labute approximate surface area is 145 Å². The van der Waals surface area contributed by atoms with Gasteiger partial charge in [0.2, 0.25) is 0 Å². The largest absolute Gasteiger partial charge is 0.489 e. The van der Waals surface area contributed by atoms with Crippen LogP contribution in [0.3, 0.4) is 0 Å². The SMILES string of the molecule is O=[N+]([O-])c1ccccc1N=Cc1ccc(OCc2ccccc2)cc1. The molecule has 0 N–H and O–H groups in total. The molecule has 3 aromatic rings. The Morgan fingerprint density at radius 3 is 2.32 bits per heavy atom. The lowest BCUT2D eigenvalue weighted by Crippen LogP contribution is -1.95. The summed E-state index contributed by atoms with van der Waals surface area (Å²) in [6.07, 6.45) is 1.60. The molecule has 3 rings (SSSR count). The summed E-state index contributed by atoms with van der Waals surface area (Å²) < 4.78 is 5.73. The van der Waals surface area contributed by atoms with Gasteiger partial charge in [-0.1, -0.05) is 42.5 Å². The van der Waals surface area contributed by atoms with Gasteiger partial charge in [0, 0.05) is 12.3 Å². The molecule has 25 heavy (non-hydrogen) atoms. The molecular weight excluding hydrogens is 316 g/mol. The van der Waals surface area contributed by atoms with Gasteiger partial charge in [-0.3, -0.25) is 10.1 Å². The van der Waals surface area contributed by atoms with Gasteiger partial charge in [0.05, 0.1) is 4.92 Å². The number of ether oxygens (including phenoxy) is 1. The van der Waals surface area contributed by atoms with Crippen molar-refractivity contribution in [2.24, 2.45) is 4.99 Å². The van der Waals surface area contributed by atoms with Gasteiger partial charge in [-0.2, -0.15) is 0 Å².